The van der Waals surface area contributed by atoms with Crippen molar-refractivity contribution in [2.45, 2.75) is 9.79 Å². The number of carbonyl (C=O) groups is 2. The zero-order valence-electron chi connectivity index (χ0n) is 14.3. The van der Waals surface area contributed by atoms with E-state index in [9.17, 15) is 18.0 Å². The molecule has 0 aromatic heterocycles. The van der Waals surface area contributed by atoms with Gasteiger partial charge in [-0.25, -0.2) is 13.2 Å². The summed E-state index contributed by atoms with van der Waals surface area (Å²) in [4.78, 5) is 26.3. The Labute approximate surface area is 158 Å². The zero-order chi connectivity index (χ0) is 18.2. The normalized spacial score (nSPS) is 14.2. The maximum absolute atomic E-state index is 12.8. The van der Waals surface area contributed by atoms with Crippen LogP contribution in [0.15, 0.2) is 52.3 Å². The van der Waals surface area contributed by atoms with Gasteiger partial charge in [0.15, 0.2) is 5.78 Å². The van der Waals surface area contributed by atoms with Gasteiger partial charge in [0.1, 0.15) is 6.61 Å². The molecule has 1 heterocycles. The van der Waals surface area contributed by atoms with Crippen LogP contribution in [0.1, 0.15) is 26.3 Å². The van der Waals surface area contributed by atoms with Crippen molar-refractivity contribution < 1.29 is 22.7 Å². The Hall–Kier alpha value is -2.22. The Kier molecular flexibility index (Phi) is 5.85. The molecule has 3 rings (SSSR count). The molecule has 1 aliphatic heterocycles. The van der Waals surface area contributed by atoms with Crippen molar-refractivity contribution in [1.82, 2.24) is 4.90 Å². The molecule has 26 heavy (non-hydrogen) atoms. The van der Waals surface area contributed by atoms with Gasteiger partial charge in [0.2, 0.25) is 9.84 Å². The molecule has 2 aromatic carbocycles. The van der Waals surface area contributed by atoms with E-state index in [4.69, 9.17) is 4.74 Å². The lowest BCUT2D eigenvalue weighted by Crippen LogP contribution is -2.22. The highest BCUT2D eigenvalue weighted by molar-refractivity contribution is 7.91. The predicted molar refractivity (Wildman–Crippen MR) is 97.9 cm³/mol. The number of carbonyl (C=O) groups excluding carboxylic acids is 2. The number of benzene rings is 2. The number of sulfone groups is 1. The average Bonchev–Trinajstić information content (AvgIpc) is 2.59. The Morgan fingerprint density at radius 1 is 1.04 bits per heavy atom. The maximum Gasteiger partial charge on any atom is 0.338 e. The molecule has 1 aliphatic rings. The molecule has 6 nitrogen and oxygen atoms in total. The van der Waals surface area contributed by atoms with E-state index in [1.807, 2.05) is 19.0 Å². The predicted octanol–water partition coefficient (Wildman–Crippen LogP) is 2.20. The van der Waals surface area contributed by atoms with Gasteiger partial charge >= 0.3 is 5.97 Å². The Morgan fingerprint density at radius 3 is 2.38 bits per heavy atom. The first-order valence-corrected chi connectivity index (χ1v) is 9.15. The van der Waals surface area contributed by atoms with Crippen molar-refractivity contribution in [2.24, 2.45) is 0 Å². The third kappa shape index (κ3) is 3.51. The van der Waals surface area contributed by atoms with Crippen molar-refractivity contribution in [1.29, 1.82) is 0 Å². The lowest BCUT2D eigenvalue weighted by Gasteiger charge is -2.19. The smallest absolute Gasteiger partial charge is 0.338 e. The van der Waals surface area contributed by atoms with Crippen molar-refractivity contribution in [3.63, 3.8) is 0 Å². The van der Waals surface area contributed by atoms with Crippen LogP contribution in [0.5, 0.6) is 0 Å². The minimum Gasteiger partial charge on any atom is -0.461 e. The minimum absolute atomic E-state index is 0. The molecule has 138 valence electrons. The van der Waals surface area contributed by atoms with Crippen molar-refractivity contribution in [3.05, 3.63) is 59.2 Å². The number of nitrogens with zero attached hydrogens (tertiary/aromatic N) is 1. The van der Waals surface area contributed by atoms with Crippen molar-refractivity contribution in [2.75, 3.05) is 27.2 Å². The summed E-state index contributed by atoms with van der Waals surface area (Å²) in [5.41, 5.74) is 0.327. The van der Waals surface area contributed by atoms with Gasteiger partial charge in [-0.1, -0.05) is 12.1 Å². The molecular formula is C18H18ClNO5S. The quantitative estimate of drug-likeness (QED) is 0.630. The summed E-state index contributed by atoms with van der Waals surface area (Å²) >= 11 is 0. The highest BCUT2D eigenvalue weighted by atomic mass is 35.5. The second-order valence-electron chi connectivity index (χ2n) is 5.98. The summed E-state index contributed by atoms with van der Waals surface area (Å²) in [5.74, 6) is -0.987. The van der Waals surface area contributed by atoms with E-state index in [-0.39, 0.29) is 51.3 Å². The number of hydrogen-bond donors (Lipinski definition) is 0. The number of esters is 1. The van der Waals surface area contributed by atoms with E-state index >= 15 is 0 Å². The van der Waals surface area contributed by atoms with Crippen LogP contribution in [0.3, 0.4) is 0 Å². The SMILES string of the molecule is CN(C)CCOC(=O)c1ccc2c(c1)S(=O)(=O)c1ccccc1C2=O.Cl. The fraction of sp³-hybridized carbons (Fsp3) is 0.222. The van der Waals surface area contributed by atoms with E-state index in [1.165, 1.54) is 30.3 Å². The third-order valence-electron chi connectivity index (χ3n) is 3.94. The largest absolute Gasteiger partial charge is 0.461 e. The van der Waals surface area contributed by atoms with Gasteiger partial charge in [-0.15, -0.1) is 12.4 Å². The van der Waals surface area contributed by atoms with Crippen LogP contribution in [0.25, 0.3) is 0 Å². The number of hydrogen-bond acceptors (Lipinski definition) is 6. The summed E-state index contributed by atoms with van der Waals surface area (Å²) in [7, 11) is -0.162. The van der Waals surface area contributed by atoms with E-state index in [2.05, 4.69) is 0 Å². The first-order valence-electron chi connectivity index (χ1n) is 7.67. The van der Waals surface area contributed by atoms with Gasteiger partial charge in [0, 0.05) is 17.7 Å². The number of ether oxygens (including phenoxy) is 1. The molecule has 0 radical (unpaired) electrons. The van der Waals surface area contributed by atoms with E-state index in [0.29, 0.717) is 6.54 Å². The lowest BCUT2D eigenvalue weighted by molar-refractivity contribution is 0.0481. The van der Waals surface area contributed by atoms with Crippen LogP contribution >= 0.6 is 12.4 Å². The summed E-state index contributed by atoms with van der Waals surface area (Å²) in [6.07, 6.45) is 0. The van der Waals surface area contributed by atoms with Gasteiger partial charge in [0.25, 0.3) is 0 Å². The molecule has 0 spiro atoms. The maximum atomic E-state index is 12.8. The molecule has 0 saturated heterocycles. The monoisotopic (exact) mass is 395 g/mol. The molecule has 0 amide bonds. The summed E-state index contributed by atoms with van der Waals surface area (Å²) in [5, 5.41) is 0. The van der Waals surface area contributed by atoms with E-state index < -0.39 is 15.8 Å². The molecule has 0 aliphatic carbocycles. The van der Waals surface area contributed by atoms with Gasteiger partial charge in [-0.05, 0) is 44.4 Å². The number of ketones is 1. The van der Waals surface area contributed by atoms with Crippen molar-refractivity contribution >= 4 is 34.0 Å². The molecule has 0 atom stereocenters. The Balaban J connectivity index is 0.00000243. The lowest BCUT2D eigenvalue weighted by atomic mass is 10.0. The number of halogens is 1. The van der Waals surface area contributed by atoms with Crippen LogP contribution in [0, 0.1) is 0 Å². The molecule has 0 unspecified atom stereocenters. The Bertz CT molecular complexity index is 969. The second kappa shape index (κ2) is 7.57. The minimum atomic E-state index is -3.86. The van der Waals surface area contributed by atoms with E-state index in [0.717, 1.165) is 0 Å². The topological polar surface area (TPSA) is 80.8 Å². The first-order chi connectivity index (χ1) is 11.8. The Morgan fingerprint density at radius 2 is 1.69 bits per heavy atom. The highest BCUT2D eigenvalue weighted by Gasteiger charge is 2.35. The van der Waals surface area contributed by atoms with Crippen LogP contribution in [0.2, 0.25) is 0 Å². The highest BCUT2D eigenvalue weighted by Crippen LogP contribution is 2.34. The number of likely N-dealkylation sites (N-methyl/N-ethyl adjacent to an activating group) is 1. The molecule has 0 saturated carbocycles. The fourth-order valence-electron chi connectivity index (χ4n) is 2.62. The van der Waals surface area contributed by atoms with Crippen LogP contribution < -0.4 is 0 Å². The summed E-state index contributed by atoms with van der Waals surface area (Å²) in [6.45, 7) is 0.748. The fourth-order valence-corrected chi connectivity index (χ4v) is 4.29. The molecule has 8 heteroatoms. The van der Waals surface area contributed by atoms with Crippen LogP contribution in [0.4, 0.5) is 0 Å². The van der Waals surface area contributed by atoms with E-state index in [1.54, 1.807) is 12.1 Å². The number of fused-ring (bicyclic) bond motifs is 2. The van der Waals surface area contributed by atoms with Gasteiger partial charge in [0.05, 0.1) is 15.4 Å². The second-order valence-corrected chi connectivity index (χ2v) is 7.87. The van der Waals surface area contributed by atoms with Crippen LogP contribution in [-0.2, 0) is 14.6 Å². The molecule has 0 fully saturated rings. The average molecular weight is 396 g/mol. The third-order valence-corrected chi connectivity index (χ3v) is 5.80. The number of rotatable bonds is 4. The molecule has 0 bridgehead atoms. The van der Waals surface area contributed by atoms with Gasteiger partial charge in [-0.3, -0.25) is 4.79 Å². The van der Waals surface area contributed by atoms with Gasteiger partial charge in [-0.2, -0.15) is 0 Å². The van der Waals surface area contributed by atoms with Gasteiger partial charge < -0.3 is 9.64 Å². The summed E-state index contributed by atoms with van der Waals surface area (Å²) in [6, 6.07) is 10.1. The first kappa shape index (κ1) is 20.1. The van der Waals surface area contributed by atoms with Crippen molar-refractivity contribution in [3.8, 4) is 0 Å². The van der Waals surface area contributed by atoms with Crippen LogP contribution in [-0.4, -0.2) is 52.3 Å². The standard InChI is InChI=1S/C18H17NO5S.ClH/c1-19(2)9-10-24-18(21)12-7-8-14-16(11-12)25(22,23)15-6-4-3-5-13(15)17(14)20;/h3-8,11H,9-10H2,1-2H3;1H. The molecular weight excluding hydrogens is 378 g/mol. The molecule has 0 N–H and O–H groups in total. The molecule has 2 aromatic rings. The summed E-state index contributed by atoms with van der Waals surface area (Å²) < 4.78 is 30.8. The zero-order valence-corrected chi connectivity index (χ0v) is 15.9.